The third-order valence-electron chi connectivity index (χ3n) is 5.90. The molecule has 156 valence electrons. The van der Waals surface area contributed by atoms with Gasteiger partial charge in [-0.2, -0.15) is 5.10 Å². The quantitative estimate of drug-likeness (QED) is 0.554. The van der Waals surface area contributed by atoms with Crippen molar-refractivity contribution >= 4 is 23.2 Å². The zero-order valence-electron chi connectivity index (χ0n) is 17.5. The Labute approximate surface area is 182 Å². The van der Waals surface area contributed by atoms with Gasteiger partial charge >= 0.3 is 0 Å². The number of nitrogens with zero attached hydrogens (tertiary/aromatic N) is 3. The molecule has 0 bridgehead atoms. The van der Waals surface area contributed by atoms with Crippen LogP contribution in [0.4, 0.5) is 0 Å². The SMILES string of the molecule is Cc1nc2c(C(=O)NCCC3=CCCCC3)cnn2c(C)c1Cc1ccccc1Cl. The van der Waals surface area contributed by atoms with Crippen molar-refractivity contribution in [2.45, 2.75) is 52.4 Å². The van der Waals surface area contributed by atoms with Crippen LogP contribution in [0.1, 0.15) is 65.0 Å². The highest BCUT2D eigenvalue weighted by molar-refractivity contribution is 6.31. The number of carbonyl (C=O) groups excluding carboxylic acids is 1. The smallest absolute Gasteiger partial charge is 0.256 e. The highest BCUT2D eigenvalue weighted by Crippen LogP contribution is 2.24. The Kier molecular flexibility index (Phi) is 6.18. The highest BCUT2D eigenvalue weighted by Gasteiger charge is 2.19. The third kappa shape index (κ3) is 4.26. The zero-order chi connectivity index (χ0) is 21.1. The molecule has 4 rings (SSSR count). The lowest BCUT2D eigenvalue weighted by Gasteiger charge is -2.13. The topological polar surface area (TPSA) is 59.3 Å². The predicted molar refractivity (Wildman–Crippen MR) is 120 cm³/mol. The Balaban J connectivity index is 1.54. The number of hydrogen-bond donors (Lipinski definition) is 1. The molecule has 5 nitrogen and oxygen atoms in total. The summed E-state index contributed by atoms with van der Waals surface area (Å²) in [6.07, 6.45) is 10.4. The molecule has 1 aromatic carbocycles. The fourth-order valence-electron chi connectivity index (χ4n) is 4.12. The maximum atomic E-state index is 12.8. The minimum Gasteiger partial charge on any atom is -0.352 e. The maximum Gasteiger partial charge on any atom is 0.256 e. The molecule has 0 aliphatic heterocycles. The number of halogens is 1. The molecule has 0 fully saturated rings. The summed E-state index contributed by atoms with van der Waals surface area (Å²) in [5, 5.41) is 8.23. The molecular formula is C24H27ClN4O. The second kappa shape index (κ2) is 9.00. The minimum atomic E-state index is -0.119. The summed E-state index contributed by atoms with van der Waals surface area (Å²) in [4.78, 5) is 17.5. The first-order chi connectivity index (χ1) is 14.5. The summed E-state index contributed by atoms with van der Waals surface area (Å²) in [7, 11) is 0. The van der Waals surface area contributed by atoms with Crippen molar-refractivity contribution in [1.29, 1.82) is 0 Å². The Bertz CT molecular complexity index is 1120. The van der Waals surface area contributed by atoms with Crippen molar-refractivity contribution in [1.82, 2.24) is 19.9 Å². The molecule has 1 aliphatic carbocycles. The lowest BCUT2D eigenvalue weighted by Crippen LogP contribution is -2.25. The molecule has 2 aromatic heterocycles. The first kappa shape index (κ1) is 20.6. The standard InChI is InChI=1S/C24H27ClN4O/c1-16-20(14-19-10-6-7-11-22(19)25)17(2)29-23(28-16)21(15-27-29)24(30)26-13-12-18-8-4-3-5-9-18/h6-8,10-11,15H,3-5,9,12-14H2,1-2H3,(H,26,30). The molecular weight excluding hydrogens is 396 g/mol. The average Bonchev–Trinajstić information content (AvgIpc) is 3.17. The van der Waals surface area contributed by atoms with Gasteiger partial charge in [-0.1, -0.05) is 41.4 Å². The summed E-state index contributed by atoms with van der Waals surface area (Å²) in [5.74, 6) is -0.119. The van der Waals surface area contributed by atoms with Crippen LogP contribution in [-0.2, 0) is 6.42 Å². The largest absolute Gasteiger partial charge is 0.352 e. The molecule has 0 atom stereocenters. The zero-order valence-corrected chi connectivity index (χ0v) is 18.3. The molecule has 1 aliphatic rings. The molecule has 6 heteroatoms. The van der Waals surface area contributed by atoms with Crippen LogP contribution in [0.15, 0.2) is 42.1 Å². The monoisotopic (exact) mass is 422 g/mol. The van der Waals surface area contributed by atoms with E-state index in [1.54, 1.807) is 10.7 Å². The number of benzene rings is 1. The molecule has 3 aromatic rings. The van der Waals surface area contributed by atoms with E-state index in [9.17, 15) is 4.79 Å². The number of rotatable bonds is 6. The van der Waals surface area contributed by atoms with Gasteiger partial charge in [0.1, 0.15) is 5.56 Å². The van der Waals surface area contributed by atoms with Crippen LogP contribution in [0.2, 0.25) is 5.02 Å². The highest BCUT2D eigenvalue weighted by atomic mass is 35.5. The summed E-state index contributed by atoms with van der Waals surface area (Å²) < 4.78 is 1.76. The molecule has 0 unspecified atom stereocenters. The van der Waals surface area contributed by atoms with Gasteiger partial charge in [-0.15, -0.1) is 0 Å². The van der Waals surface area contributed by atoms with E-state index in [-0.39, 0.29) is 5.91 Å². The fourth-order valence-corrected chi connectivity index (χ4v) is 4.33. The van der Waals surface area contributed by atoms with Gasteiger partial charge in [0.15, 0.2) is 5.65 Å². The van der Waals surface area contributed by atoms with Crippen LogP contribution in [0.5, 0.6) is 0 Å². The van der Waals surface area contributed by atoms with Gasteiger partial charge in [-0.25, -0.2) is 9.50 Å². The van der Waals surface area contributed by atoms with E-state index in [0.717, 1.165) is 46.8 Å². The number of hydrogen-bond acceptors (Lipinski definition) is 3. The van der Waals surface area contributed by atoms with Crippen molar-refractivity contribution in [2.75, 3.05) is 6.54 Å². The molecule has 1 amide bonds. The van der Waals surface area contributed by atoms with Gasteiger partial charge in [-0.05, 0) is 63.1 Å². The number of allylic oxidation sites excluding steroid dienone is 1. The van der Waals surface area contributed by atoms with Crippen LogP contribution < -0.4 is 5.32 Å². The van der Waals surface area contributed by atoms with Crippen LogP contribution in [0.25, 0.3) is 5.65 Å². The Morgan fingerprint density at radius 3 is 2.83 bits per heavy atom. The van der Waals surface area contributed by atoms with Crippen molar-refractivity contribution in [3.63, 3.8) is 0 Å². The predicted octanol–water partition coefficient (Wildman–Crippen LogP) is 5.21. The first-order valence-corrected chi connectivity index (χ1v) is 11.0. The van der Waals surface area contributed by atoms with Gasteiger partial charge in [0, 0.05) is 29.4 Å². The minimum absolute atomic E-state index is 0.119. The number of carbonyl (C=O) groups is 1. The van der Waals surface area contributed by atoms with Gasteiger partial charge < -0.3 is 5.32 Å². The van der Waals surface area contributed by atoms with E-state index in [1.807, 2.05) is 38.1 Å². The van der Waals surface area contributed by atoms with E-state index in [4.69, 9.17) is 16.6 Å². The molecule has 0 spiro atoms. The number of nitrogens with one attached hydrogen (secondary N) is 1. The number of fused-ring (bicyclic) bond motifs is 1. The molecule has 1 N–H and O–H groups in total. The van der Waals surface area contributed by atoms with E-state index in [2.05, 4.69) is 16.5 Å². The van der Waals surface area contributed by atoms with Crippen LogP contribution in [0.3, 0.4) is 0 Å². The molecule has 2 heterocycles. The molecule has 0 saturated heterocycles. The van der Waals surface area contributed by atoms with Gasteiger partial charge in [0.2, 0.25) is 0 Å². The first-order valence-electron chi connectivity index (χ1n) is 10.6. The van der Waals surface area contributed by atoms with E-state index in [0.29, 0.717) is 24.2 Å². The molecule has 0 saturated carbocycles. The Morgan fingerprint density at radius 1 is 1.23 bits per heavy atom. The second-order valence-electron chi connectivity index (χ2n) is 7.94. The second-order valence-corrected chi connectivity index (χ2v) is 8.34. The summed E-state index contributed by atoms with van der Waals surface area (Å²) in [6.45, 7) is 4.63. The summed E-state index contributed by atoms with van der Waals surface area (Å²) >= 11 is 6.35. The average molecular weight is 423 g/mol. The van der Waals surface area contributed by atoms with Crippen LogP contribution in [0, 0.1) is 13.8 Å². The van der Waals surface area contributed by atoms with Crippen LogP contribution in [-0.4, -0.2) is 27.0 Å². The lowest BCUT2D eigenvalue weighted by atomic mass is 9.97. The fraction of sp³-hybridized carbons (Fsp3) is 0.375. The van der Waals surface area contributed by atoms with Crippen molar-refractivity contribution in [3.05, 3.63) is 75.2 Å². The Hall–Kier alpha value is -2.66. The van der Waals surface area contributed by atoms with Crippen molar-refractivity contribution in [3.8, 4) is 0 Å². The number of amides is 1. The number of aryl methyl sites for hydroxylation is 2. The lowest BCUT2D eigenvalue weighted by molar-refractivity contribution is 0.0955. The Morgan fingerprint density at radius 2 is 2.07 bits per heavy atom. The number of aromatic nitrogens is 3. The van der Waals surface area contributed by atoms with Crippen LogP contribution >= 0.6 is 11.6 Å². The van der Waals surface area contributed by atoms with E-state index >= 15 is 0 Å². The van der Waals surface area contributed by atoms with Crippen molar-refractivity contribution in [2.24, 2.45) is 0 Å². The van der Waals surface area contributed by atoms with Crippen molar-refractivity contribution < 1.29 is 4.79 Å². The van der Waals surface area contributed by atoms with Gasteiger partial charge in [-0.3, -0.25) is 4.79 Å². The van der Waals surface area contributed by atoms with Gasteiger partial charge in [0.25, 0.3) is 5.91 Å². The molecule has 0 radical (unpaired) electrons. The van der Waals surface area contributed by atoms with E-state index in [1.165, 1.54) is 18.4 Å². The normalized spacial score (nSPS) is 14.0. The third-order valence-corrected chi connectivity index (χ3v) is 6.26. The van der Waals surface area contributed by atoms with Gasteiger partial charge in [0.05, 0.1) is 6.20 Å². The summed E-state index contributed by atoms with van der Waals surface area (Å²) in [6, 6.07) is 7.83. The maximum absolute atomic E-state index is 12.8. The van der Waals surface area contributed by atoms with E-state index < -0.39 is 0 Å². The summed E-state index contributed by atoms with van der Waals surface area (Å²) in [5.41, 5.74) is 6.56. The molecule has 30 heavy (non-hydrogen) atoms.